The minimum Gasteiger partial charge on any atom is -0.207 e. The average Bonchev–Trinajstić information content (AvgIpc) is 2.63. The van der Waals surface area contributed by atoms with Crippen LogP contribution in [0.1, 0.15) is 21.4 Å². The van der Waals surface area contributed by atoms with E-state index in [0.717, 1.165) is 15.4 Å². The van der Waals surface area contributed by atoms with Crippen molar-refractivity contribution in [2.24, 2.45) is 0 Å². The van der Waals surface area contributed by atoms with Gasteiger partial charge in [-0.2, -0.15) is 0 Å². The van der Waals surface area contributed by atoms with Gasteiger partial charge in [0.2, 0.25) is 0 Å². The van der Waals surface area contributed by atoms with E-state index in [2.05, 4.69) is 15.9 Å². The molecule has 1 atom stereocenters. The van der Waals surface area contributed by atoms with Crippen molar-refractivity contribution in [2.45, 2.75) is 12.3 Å². The van der Waals surface area contributed by atoms with Crippen LogP contribution < -0.4 is 0 Å². The van der Waals surface area contributed by atoms with Crippen LogP contribution in [-0.2, 0) is 0 Å². The van der Waals surface area contributed by atoms with Crippen molar-refractivity contribution in [2.75, 3.05) is 0 Å². The largest absolute Gasteiger partial charge is 0.207 e. The fourth-order valence-corrected chi connectivity index (χ4v) is 3.43. The van der Waals surface area contributed by atoms with Crippen LogP contribution in [0, 0.1) is 24.4 Å². The van der Waals surface area contributed by atoms with Crippen molar-refractivity contribution in [3.63, 3.8) is 0 Å². The summed E-state index contributed by atoms with van der Waals surface area (Å²) < 4.78 is 40.4. The van der Waals surface area contributed by atoms with Gasteiger partial charge in [0.1, 0.15) is 5.82 Å². The van der Waals surface area contributed by atoms with E-state index in [-0.39, 0.29) is 5.56 Å². The Morgan fingerprint density at radius 3 is 2.28 bits per heavy atom. The molecule has 0 aliphatic carbocycles. The van der Waals surface area contributed by atoms with E-state index in [4.69, 9.17) is 11.6 Å². The zero-order valence-corrected chi connectivity index (χ0v) is 12.3. The zero-order chi connectivity index (χ0) is 13.4. The van der Waals surface area contributed by atoms with E-state index in [1.165, 1.54) is 11.3 Å². The molecule has 1 heterocycles. The molecule has 0 radical (unpaired) electrons. The molecule has 0 N–H and O–H groups in total. The Labute approximate surface area is 120 Å². The molecule has 2 aromatic rings. The van der Waals surface area contributed by atoms with Gasteiger partial charge >= 0.3 is 0 Å². The summed E-state index contributed by atoms with van der Waals surface area (Å²) in [6.45, 7) is 1.87. The molecule has 1 aromatic carbocycles. The van der Waals surface area contributed by atoms with Crippen LogP contribution in [0.2, 0.25) is 0 Å². The lowest BCUT2D eigenvalue weighted by Crippen LogP contribution is -1.98. The highest BCUT2D eigenvalue weighted by Gasteiger charge is 2.20. The van der Waals surface area contributed by atoms with Crippen molar-refractivity contribution in [1.82, 2.24) is 0 Å². The van der Waals surface area contributed by atoms with E-state index in [9.17, 15) is 13.2 Å². The maximum atomic E-state index is 13.6. The molecule has 96 valence electrons. The Hall–Kier alpha value is -0.520. The summed E-state index contributed by atoms with van der Waals surface area (Å²) in [4.78, 5) is 0.672. The fourth-order valence-electron chi connectivity index (χ4n) is 1.49. The summed E-state index contributed by atoms with van der Waals surface area (Å²) in [7, 11) is 0. The average molecular weight is 356 g/mol. The first-order chi connectivity index (χ1) is 8.40. The van der Waals surface area contributed by atoms with Crippen molar-refractivity contribution in [1.29, 1.82) is 0 Å². The highest BCUT2D eigenvalue weighted by Crippen LogP contribution is 2.39. The molecule has 0 aliphatic rings. The lowest BCUT2D eigenvalue weighted by molar-refractivity contribution is 0.490. The fraction of sp³-hybridized carbons (Fsp3) is 0.167. The van der Waals surface area contributed by atoms with Gasteiger partial charge in [0.05, 0.1) is 9.16 Å². The van der Waals surface area contributed by atoms with E-state index in [1.54, 1.807) is 6.07 Å². The lowest BCUT2D eigenvalue weighted by Gasteiger charge is -2.09. The number of halogens is 5. The second kappa shape index (κ2) is 5.23. The minimum atomic E-state index is -1.22. The number of aryl methyl sites for hydroxylation is 1. The summed E-state index contributed by atoms with van der Waals surface area (Å²) in [5, 5.41) is -0.838. The SMILES string of the molecule is Cc1cc(C(Cl)c2cc(F)c(F)cc2F)sc1Br. The lowest BCUT2D eigenvalue weighted by atomic mass is 10.1. The Morgan fingerprint density at radius 2 is 1.72 bits per heavy atom. The van der Waals surface area contributed by atoms with Gasteiger partial charge < -0.3 is 0 Å². The maximum Gasteiger partial charge on any atom is 0.161 e. The molecule has 0 amide bonds. The smallest absolute Gasteiger partial charge is 0.161 e. The molecule has 0 saturated carbocycles. The van der Waals surface area contributed by atoms with Crippen LogP contribution in [0.5, 0.6) is 0 Å². The Balaban J connectivity index is 2.45. The van der Waals surface area contributed by atoms with Crippen LogP contribution in [-0.4, -0.2) is 0 Å². The van der Waals surface area contributed by atoms with Crippen LogP contribution in [0.4, 0.5) is 13.2 Å². The number of alkyl halides is 1. The zero-order valence-electron chi connectivity index (χ0n) is 9.11. The number of benzene rings is 1. The Kier molecular flexibility index (Phi) is 4.04. The van der Waals surface area contributed by atoms with Crippen molar-refractivity contribution in [3.8, 4) is 0 Å². The molecule has 1 aromatic heterocycles. The second-order valence-corrected chi connectivity index (χ2v) is 6.59. The highest BCUT2D eigenvalue weighted by atomic mass is 79.9. The molecular formula is C12H7BrClF3S. The predicted molar refractivity (Wildman–Crippen MR) is 70.8 cm³/mol. The molecule has 6 heteroatoms. The molecule has 0 spiro atoms. The molecule has 2 rings (SSSR count). The third kappa shape index (κ3) is 2.58. The summed E-state index contributed by atoms with van der Waals surface area (Å²) >= 11 is 10.8. The molecule has 0 fully saturated rings. The minimum absolute atomic E-state index is 0.0654. The quantitative estimate of drug-likeness (QED) is 0.488. The monoisotopic (exact) mass is 354 g/mol. The molecule has 0 saturated heterocycles. The van der Waals surface area contributed by atoms with Gasteiger partial charge in [0.15, 0.2) is 11.6 Å². The molecule has 0 nitrogen and oxygen atoms in total. The standard InChI is InChI=1S/C12H7BrClF3S/c1-5-2-10(18-12(5)13)11(14)6-3-8(16)9(17)4-7(6)15/h2-4,11H,1H3. The normalized spacial score (nSPS) is 12.8. The summed E-state index contributed by atoms with van der Waals surface area (Å²) in [6.07, 6.45) is 0. The first kappa shape index (κ1) is 13.9. The van der Waals surface area contributed by atoms with E-state index < -0.39 is 22.8 Å². The van der Waals surface area contributed by atoms with Crippen molar-refractivity contribution >= 4 is 38.9 Å². The molecular weight excluding hydrogens is 349 g/mol. The topological polar surface area (TPSA) is 0 Å². The number of hydrogen-bond donors (Lipinski definition) is 0. The maximum absolute atomic E-state index is 13.6. The van der Waals surface area contributed by atoms with E-state index in [1.807, 2.05) is 6.92 Å². The summed E-state index contributed by atoms with van der Waals surface area (Å²) in [6, 6.07) is 3.09. The first-order valence-corrected chi connectivity index (χ1v) is 6.99. The van der Waals surface area contributed by atoms with Crippen molar-refractivity contribution < 1.29 is 13.2 Å². The van der Waals surface area contributed by atoms with Crippen LogP contribution >= 0.6 is 38.9 Å². The molecule has 1 unspecified atom stereocenters. The van der Waals surface area contributed by atoms with E-state index in [0.29, 0.717) is 10.9 Å². The molecule has 18 heavy (non-hydrogen) atoms. The third-order valence-electron chi connectivity index (χ3n) is 2.44. The van der Waals surface area contributed by atoms with Gasteiger partial charge in [0, 0.05) is 16.5 Å². The van der Waals surface area contributed by atoms with Gasteiger partial charge in [-0.3, -0.25) is 0 Å². The highest BCUT2D eigenvalue weighted by molar-refractivity contribution is 9.11. The summed E-state index contributed by atoms with van der Waals surface area (Å²) in [5.74, 6) is -3.18. The van der Waals surface area contributed by atoms with Gasteiger partial charge in [-0.1, -0.05) is 0 Å². The van der Waals surface area contributed by atoms with Gasteiger partial charge in [-0.05, 0) is 40.5 Å². The molecule has 0 bridgehead atoms. The van der Waals surface area contributed by atoms with E-state index >= 15 is 0 Å². The Morgan fingerprint density at radius 1 is 1.11 bits per heavy atom. The third-order valence-corrected chi connectivity index (χ3v) is 5.24. The predicted octanol–water partition coefficient (Wildman–Crippen LogP) is 5.56. The van der Waals surface area contributed by atoms with Gasteiger partial charge in [0.25, 0.3) is 0 Å². The van der Waals surface area contributed by atoms with Crippen LogP contribution in [0.3, 0.4) is 0 Å². The molecule has 0 aliphatic heterocycles. The summed E-state index contributed by atoms with van der Waals surface area (Å²) in [5.41, 5.74) is 0.896. The number of hydrogen-bond acceptors (Lipinski definition) is 1. The number of thiophene rings is 1. The van der Waals surface area contributed by atoms with Gasteiger partial charge in [-0.25, -0.2) is 13.2 Å². The van der Waals surface area contributed by atoms with Gasteiger partial charge in [-0.15, -0.1) is 22.9 Å². The first-order valence-electron chi connectivity index (χ1n) is 4.94. The Bertz CT molecular complexity index is 578. The van der Waals surface area contributed by atoms with Crippen molar-refractivity contribution in [3.05, 3.63) is 55.4 Å². The van der Waals surface area contributed by atoms with Crippen LogP contribution in [0.25, 0.3) is 0 Å². The van der Waals surface area contributed by atoms with Crippen LogP contribution in [0.15, 0.2) is 22.0 Å². The number of rotatable bonds is 2. The second-order valence-electron chi connectivity index (χ2n) is 3.76.